The Balaban J connectivity index is 1.69. The number of Topliss-reactive ketones (excluding diaryl/α,β-unsaturated/α-hetero) is 3. The fraction of sp³-hybridized carbons (Fsp3) is 0.214. The normalized spacial score (nSPS) is 24.1. The van der Waals surface area contributed by atoms with E-state index < -0.39 is 23.4 Å². The number of aromatic nitrogens is 1. The topological polar surface area (TPSA) is 67.3 Å². The van der Waals surface area contributed by atoms with Gasteiger partial charge >= 0.3 is 0 Å². The van der Waals surface area contributed by atoms with Crippen LogP contribution in [0.25, 0.3) is 6.08 Å². The predicted octanol–water partition coefficient (Wildman–Crippen LogP) is 4.41. The Kier molecular flexibility index (Phi) is 4.09. The van der Waals surface area contributed by atoms with Crippen molar-refractivity contribution in [1.82, 2.24) is 4.98 Å². The van der Waals surface area contributed by atoms with Crippen LogP contribution >= 0.6 is 0 Å². The van der Waals surface area contributed by atoms with Crippen molar-refractivity contribution in [3.05, 3.63) is 101 Å². The van der Waals surface area contributed by atoms with Crippen molar-refractivity contribution in [2.24, 2.45) is 5.41 Å². The van der Waals surface area contributed by atoms with Gasteiger partial charge in [0.15, 0.2) is 17.3 Å². The molecule has 6 rings (SSSR count). The molecule has 0 saturated carbocycles. The van der Waals surface area contributed by atoms with Gasteiger partial charge in [0.05, 0.1) is 12.1 Å². The number of hydrogen-bond acceptors (Lipinski definition) is 5. The van der Waals surface area contributed by atoms with Crippen LogP contribution in [-0.4, -0.2) is 34.4 Å². The Morgan fingerprint density at radius 3 is 2.36 bits per heavy atom. The van der Waals surface area contributed by atoms with Gasteiger partial charge in [-0.2, -0.15) is 0 Å². The van der Waals surface area contributed by atoms with E-state index in [1.54, 1.807) is 49.6 Å². The Hall–Kier alpha value is -3.86. The third-order valence-corrected chi connectivity index (χ3v) is 7.42. The summed E-state index contributed by atoms with van der Waals surface area (Å²) in [6.07, 6.45) is 7.26. The molecule has 162 valence electrons. The Labute approximate surface area is 191 Å². The third kappa shape index (κ3) is 2.42. The summed E-state index contributed by atoms with van der Waals surface area (Å²) in [6, 6.07) is 15.5. The van der Waals surface area contributed by atoms with E-state index in [-0.39, 0.29) is 17.3 Å². The lowest BCUT2D eigenvalue weighted by Crippen LogP contribution is -2.48. The third-order valence-electron chi connectivity index (χ3n) is 7.42. The average Bonchev–Trinajstić information content (AvgIpc) is 3.27. The zero-order chi connectivity index (χ0) is 22.9. The first-order valence-corrected chi connectivity index (χ1v) is 11.1. The van der Waals surface area contributed by atoms with Crippen LogP contribution in [0.1, 0.15) is 50.2 Å². The molecule has 5 nitrogen and oxygen atoms in total. The van der Waals surface area contributed by atoms with Crippen LogP contribution in [-0.2, 0) is 4.79 Å². The van der Waals surface area contributed by atoms with E-state index >= 15 is 0 Å². The summed E-state index contributed by atoms with van der Waals surface area (Å²) >= 11 is 0. The number of anilines is 1. The summed E-state index contributed by atoms with van der Waals surface area (Å²) in [6.45, 7) is 3.55. The molecule has 1 aliphatic carbocycles. The molecule has 0 N–H and O–H groups in total. The molecule has 0 bridgehead atoms. The quantitative estimate of drug-likeness (QED) is 0.559. The van der Waals surface area contributed by atoms with E-state index in [4.69, 9.17) is 0 Å². The Morgan fingerprint density at radius 1 is 1.00 bits per heavy atom. The van der Waals surface area contributed by atoms with Gasteiger partial charge in [-0.1, -0.05) is 54.6 Å². The average molecular weight is 434 g/mol. The molecular weight excluding hydrogens is 412 g/mol. The molecule has 2 aromatic carbocycles. The number of ketones is 3. The van der Waals surface area contributed by atoms with E-state index in [2.05, 4.69) is 4.98 Å². The van der Waals surface area contributed by atoms with E-state index in [9.17, 15) is 14.4 Å². The van der Waals surface area contributed by atoms with E-state index in [0.29, 0.717) is 11.1 Å². The minimum Gasteiger partial charge on any atom is -0.352 e. The lowest BCUT2D eigenvalue weighted by molar-refractivity contribution is -0.118. The number of rotatable bonds is 2. The summed E-state index contributed by atoms with van der Waals surface area (Å²) in [4.78, 5) is 48.0. The number of pyridine rings is 1. The summed E-state index contributed by atoms with van der Waals surface area (Å²) in [7, 11) is 0. The molecule has 3 atom stereocenters. The summed E-state index contributed by atoms with van der Waals surface area (Å²) in [5, 5.41) is 0. The minimum atomic E-state index is -1.43. The number of aryl methyl sites for hydroxylation is 1. The number of carbonyl (C=O) groups excluding carboxylic acids is 3. The minimum absolute atomic E-state index is 0.0787. The van der Waals surface area contributed by atoms with Crippen molar-refractivity contribution in [2.45, 2.75) is 31.8 Å². The van der Waals surface area contributed by atoms with Crippen LogP contribution in [0.5, 0.6) is 0 Å². The van der Waals surface area contributed by atoms with Crippen molar-refractivity contribution in [3.63, 3.8) is 0 Å². The van der Waals surface area contributed by atoms with Crippen LogP contribution in [0.3, 0.4) is 0 Å². The molecule has 3 aromatic rings. The van der Waals surface area contributed by atoms with Crippen LogP contribution < -0.4 is 4.90 Å². The molecule has 1 spiro atoms. The largest absolute Gasteiger partial charge is 0.352 e. The highest BCUT2D eigenvalue weighted by Gasteiger charge is 2.71. The standard InChI is InChI=1S/C28H22N2O3/c1-16-9-10-18-11-12-23-28(26(32)20-7-3-4-8-21(20)27(28)33)24(19-6-5-13-29-15-19)25(17(2)31)30(23)22(18)14-16/h3-15,23-25H,1-2H3/t23?,24-,25-/m0/s1. The summed E-state index contributed by atoms with van der Waals surface area (Å²) in [5.41, 5.74) is 3.07. The first-order chi connectivity index (χ1) is 16.0. The SMILES string of the molecule is CC(=O)[C@H]1[C@H](c2cccnc2)C2(C(=O)c3ccccc3C2=O)C2C=Cc3ccc(C)cc3N21. The van der Waals surface area contributed by atoms with Gasteiger partial charge in [-0.25, -0.2) is 0 Å². The van der Waals surface area contributed by atoms with Crippen molar-refractivity contribution >= 4 is 29.1 Å². The molecule has 5 heteroatoms. The molecule has 1 aromatic heterocycles. The molecule has 33 heavy (non-hydrogen) atoms. The van der Waals surface area contributed by atoms with Crippen molar-refractivity contribution in [3.8, 4) is 0 Å². The van der Waals surface area contributed by atoms with Crippen molar-refractivity contribution in [2.75, 3.05) is 4.90 Å². The molecule has 1 unspecified atom stereocenters. The maximum Gasteiger partial charge on any atom is 0.180 e. The van der Waals surface area contributed by atoms with Crippen molar-refractivity contribution < 1.29 is 14.4 Å². The first kappa shape index (κ1) is 19.8. The van der Waals surface area contributed by atoms with E-state index in [0.717, 1.165) is 22.4 Å². The number of hydrogen-bond donors (Lipinski definition) is 0. The van der Waals surface area contributed by atoms with Crippen LogP contribution in [0.15, 0.2) is 73.1 Å². The van der Waals surface area contributed by atoms with Crippen molar-refractivity contribution in [1.29, 1.82) is 0 Å². The number of benzene rings is 2. The van der Waals surface area contributed by atoms with Gasteiger partial charge in [-0.05, 0) is 42.7 Å². The predicted molar refractivity (Wildman–Crippen MR) is 125 cm³/mol. The van der Waals surface area contributed by atoms with Crippen LogP contribution in [0.4, 0.5) is 5.69 Å². The van der Waals surface area contributed by atoms with Gasteiger partial charge < -0.3 is 4.90 Å². The van der Waals surface area contributed by atoms with E-state index in [1.165, 1.54) is 0 Å². The molecule has 0 amide bonds. The molecule has 0 radical (unpaired) electrons. The number of carbonyl (C=O) groups is 3. The zero-order valence-corrected chi connectivity index (χ0v) is 18.4. The van der Waals surface area contributed by atoms with Crippen LogP contribution in [0.2, 0.25) is 0 Å². The highest BCUT2D eigenvalue weighted by Crippen LogP contribution is 2.60. The van der Waals surface area contributed by atoms with Gasteiger partial charge in [0, 0.05) is 35.1 Å². The molecular formula is C28H22N2O3. The van der Waals surface area contributed by atoms with Gasteiger partial charge in [0.25, 0.3) is 0 Å². The smallest absolute Gasteiger partial charge is 0.180 e. The second kappa shape index (κ2) is 6.82. The lowest BCUT2D eigenvalue weighted by Gasteiger charge is -2.37. The fourth-order valence-electron chi connectivity index (χ4n) is 6.16. The van der Waals surface area contributed by atoms with Crippen LogP contribution in [0, 0.1) is 12.3 Å². The molecule has 3 aliphatic rings. The number of fused-ring (bicyclic) bond motifs is 5. The molecule has 2 aliphatic heterocycles. The molecule has 3 heterocycles. The van der Waals surface area contributed by atoms with E-state index in [1.807, 2.05) is 48.2 Å². The van der Waals surface area contributed by atoms with Gasteiger partial charge in [0.1, 0.15) is 5.41 Å². The summed E-state index contributed by atoms with van der Waals surface area (Å²) in [5.74, 6) is -1.16. The highest BCUT2D eigenvalue weighted by atomic mass is 16.2. The van der Waals surface area contributed by atoms with Gasteiger partial charge in [0.2, 0.25) is 0 Å². The molecule has 1 fully saturated rings. The zero-order valence-electron chi connectivity index (χ0n) is 18.4. The maximum atomic E-state index is 14.2. The highest BCUT2D eigenvalue weighted by molar-refractivity contribution is 6.32. The second-order valence-electron chi connectivity index (χ2n) is 9.17. The fourth-order valence-corrected chi connectivity index (χ4v) is 6.16. The number of nitrogens with zero attached hydrogens (tertiary/aromatic N) is 2. The monoisotopic (exact) mass is 434 g/mol. The lowest BCUT2D eigenvalue weighted by atomic mass is 9.64. The maximum absolute atomic E-state index is 14.2. The Bertz CT molecular complexity index is 1340. The van der Waals surface area contributed by atoms with Gasteiger partial charge in [-0.3, -0.25) is 19.4 Å². The molecule has 1 saturated heterocycles. The Morgan fingerprint density at radius 2 is 1.73 bits per heavy atom. The van der Waals surface area contributed by atoms with Gasteiger partial charge in [-0.15, -0.1) is 0 Å². The first-order valence-electron chi connectivity index (χ1n) is 11.1. The summed E-state index contributed by atoms with van der Waals surface area (Å²) < 4.78 is 0. The second-order valence-corrected chi connectivity index (χ2v) is 9.17.